The van der Waals surface area contributed by atoms with Crippen LogP contribution in [0.1, 0.15) is 51.9 Å². The molecular formula is C14H24N2O. The molecule has 2 aliphatic carbocycles. The van der Waals surface area contributed by atoms with E-state index in [9.17, 15) is 4.79 Å². The van der Waals surface area contributed by atoms with Crippen LogP contribution in [0.5, 0.6) is 0 Å². The molecule has 1 amide bonds. The first-order valence-electron chi connectivity index (χ1n) is 7.35. The van der Waals surface area contributed by atoms with Crippen molar-refractivity contribution in [1.29, 1.82) is 0 Å². The Morgan fingerprint density at radius 3 is 2.82 bits per heavy atom. The maximum Gasteiger partial charge on any atom is 0.238 e. The number of carbonyl (C=O) groups is 1. The van der Waals surface area contributed by atoms with E-state index in [4.69, 9.17) is 0 Å². The van der Waals surface area contributed by atoms with Gasteiger partial charge in [-0.3, -0.25) is 10.1 Å². The van der Waals surface area contributed by atoms with Crippen LogP contribution >= 0.6 is 0 Å². The summed E-state index contributed by atoms with van der Waals surface area (Å²) in [5, 5.41) is 3.46. The maximum atomic E-state index is 12.0. The monoisotopic (exact) mass is 236 g/mol. The molecule has 3 rings (SSSR count). The zero-order valence-electron chi connectivity index (χ0n) is 10.8. The topological polar surface area (TPSA) is 32.3 Å². The van der Waals surface area contributed by atoms with Crippen LogP contribution < -0.4 is 5.32 Å². The first-order chi connectivity index (χ1) is 8.31. The highest BCUT2D eigenvalue weighted by Crippen LogP contribution is 2.43. The van der Waals surface area contributed by atoms with Crippen LogP contribution in [0.15, 0.2) is 0 Å². The third-order valence-electron chi connectivity index (χ3n) is 4.80. The number of nitrogens with zero attached hydrogens (tertiary/aromatic N) is 1. The minimum Gasteiger partial charge on any atom is -0.322 e. The molecule has 3 heteroatoms. The highest BCUT2D eigenvalue weighted by atomic mass is 16.2. The molecule has 0 bridgehead atoms. The summed E-state index contributed by atoms with van der Waals surface area (Å²) in [5.41, 5.74) is 0. The Morgan fingerprint density at radius 1 is 1.35 bits per heavy atom. The van der Waals surface area contributed by atoms with Crippen molar-refractivity contribution in [2.45, 2.75) is 64.1 Å². The Labute approximate surface area is 104 Å². The van der Waals surface area contributed by atoms with Crippen molar-refractivity contribution in [3.05, 3.63) is 0 Å². The van der Waals surface area contributed by atoms with Gasteiger partial charge in [-0.1, -0.05) is 26.2 Å². The van der Waals surface area contributed by atoms with Crippen molar-refractivity contribution in [3.63, 3.8) is 0 Å². The van der Waals surface area contributed by atoms with Crippen LogP contribution in [0, 0.1) is 11.8 Å². The molecule has 3 aliphatic rings. The molecule has 1 N–H and O–H groups in total. The third kappa shape index (κ3) is 2.10. The van der Waals surface area contributed by atoms with Crippen molar-refractivity contribution in [3.8, 4) is 0 Å². The average Bonchev–Trinajstić information content (AvgIpc) is 2.78. The Kier molecular flexibility index (Phi) is 3.12. The lowest BCUT2D eigenvalue weighted by molar-refractivity contribution is -0.129. The standard InChI is InChI=1S/C14H24N2O/c1-2-5-11-8-12(11)16-13(17)9-15-14(16)10-6-3-4-7-10/h10-12,14-15H,2-9H2,1H3. The van der Waals surface area contributed by atoms with Crippen LogP contribution in [0.3, 0.4) is 0 Å². The molecule has 3 fully saturated rings. The molecule has 2 saturated carbocycles. The highest BCUT2D eigenvalue weighted by Gasteiger charge is 2.49. The molecule has 0 radical (unpaired) electrons. The first kappa shape index (κ1) is 11.5. The number of nitrogens with one attached hydrogen (secondary N) is 1. The number of hydrogen-bond donors (Lipinski definition) is 1. The second kappa shape index (κ2) is 4.60. The Hall–Kier alpha value is -0.570. The van der Waals surface area contributed by atoms with E-state index in [2.05, 4.69) is 17.1 Å². The largest absolute Gasteiger partial charge is 0.322 e. The van der Waals surface area contributed by atoms with Gasteiger partial charge in [0.15, 0.2) is 0 Å². The van der Waals surface area contributed by atoms with E-state index in [1.807, 2.05) is 0 Å². The fourth-order valence-electron chi connectivity index (χ4n) is 3.85. The minimum atomic E-state index is 0.352. The molecule has 96 valence electrons. The van der Waals surface area contributed by atoms with Crippen molar-refractivity contribution in [2.75, 3.05) is 6.54 Å². The van der Waals surface area contributed by atoms with Gasteiger partial charge in [0.25, 0.3) is 0 Å². The van der Waals surface area contributed by atoms with Gasteiger partial charge in [-0.2, -0.15) is 0 Å². The maximum absolute atomic E-state index is 12.0. The summed E-state index contributed by atoms with van der Waals surface area (Å²) in [4.78, 5) is 14.3. The minimum absolute atomic E-state index is 0.352. The second-order valence-corrected chi connectivity index (χ2v) is 6.02. The van der Waals surface area contributed by atoms with Gasteiger partial charge in [-0.05, 0) is 37.5 Å². The first-order valence-corrected chi connectivity index (χ1v) is 7.35. The van der Waals surface area contributed by atoms with E-state index in [0.717, 1.165) is 11.8 Å². The number of carbonyl (C=O) groups excluding carboxylic acids is 1. The fraction of sp³-hybridized carbons (Fsp3) is 0.929. The average molecular weight is 236 g/mol. The number of rotatable bonds is 4. The summed E-state index contributed by atoms with van der Waals surface area (Å²) in [6.45, 7) is 2.82. The van der Waals surface area contributed by atoms with E-state index in [-0.39, 0.29) is 0 Å². The van der Waals surface area contributed by atoms with Gasteiger partial charge >= 0.3 is 0 Å². The molecule has 1 heterocycles. The second-order valence-electron chi connectivity index (χ2n) is 6.02. The van der Waals surface area contributed by atoms with E-state index in [1.165, 1.54) is 44.9 Å². The van der Waals surface area contributed by atoms with E-state index < -0.39 is 0 Å². The molecule has 3 nitrogen and oxygen atoms in total. The van der Waals surface area contributed by atoms with Gasteiger partial charge in [0.05, 0.1) is 12.7 Å². The molecular weight excluding hydrogens is 212 g/mol. The SMILES string of the molecule is CCCC1CC1N1C(=O)CNC1C1CCCC1. The summed E-state index contributed by atoms with van der Waals surface area (Å²) >= 11 is 0. The van der Waals surface area contributed by atoms with E-state index >= 15 is 0 Å². The molecule has 1 aliphatic heterocycles. The number of amides is 1. The summed E-state index contributed by atoms with van der Waals surface area (Å²) in [5.74, 6) is 1.88. The van der Waals surface area contributed by atoms with Gasteiger partial charge in [-0.25, -0.2) is 0 Å². The third-order valence-corrected chi connectivity index (χ3v) is 4.80. The van der Waals surface area contributed by atoms with Gasteiger partial charge in [0.1, 0.15) is 0 Å². The Balaban J connectivity index is 1.65. The van der Waals surface area contributed by atoms with Crippen molar-refractivity contribution >= 4 is 5.91 Å². The Bertz CT molecular complexity index is 299. The van der Waals surface area contributed by atoms with Crippen LogP contribution in [0.4, 0.5) is 0 Å². The lowest BCUT2D eigenvalue weighted by Crippen LogP contribution is -2.44. The summed E-state index contributed by atoms with van der Waals surface area (Å²) < 4.78 is 0. The van der Waals surface area contributed by atoms with Crippen LogP contribution in [0.25, 0.3) is 0 Å². The van der Waals surface area contributed by atoms with Crippen molar-refractivity contribution < 1.29 is 4.79 Å². The van der Waals surface area contributed by atoms with Gasteiger partial charge in [0.2, 0.25) is 5.91 Å². The lowest BCUT2D eigenvalue weighted by Gasteiger charge is -2.29. The van der Waals surface area contributed by atoms with Crippen molar-refractivity contribution in [1.82, 2.24) is 10.2 Å². The van der Waals surface area contributed by atoms with Crippen molar-refractivity contribution in [2.24, 2.45) is 11.8 Å². The molecule has 0 aromatic carbocycles. The normalized spacial score (nSPS) is 38.1. The van der Waals surface area contributed by atoms with Gasteiger partial charge < -0.3 is 4.90 Å². The molecule has 1 saturated heterocycles. The van der Waals surface area contributed by atoms with E-state index in [1.54, 1.807) is 0 Å². The molecule has 3 unspecified atom stereocenters. The molecule has 3 atom stereocenters. The predicted molar refractivity (Wildman–Crippen MR) is 67.4 cm³/mol. The van der Waals surface area contributed by atoms with Crippen LogP contribution in [-0.4, -0.2) is 29.6 Å². The zero-order valence-corrected chi connectivity index (χ0v) is 10.8. The van der Waals surface area contributed by atoms with Gasteiger partial charge in [0, 0.05) is 6.04 Å². The molecule has 0 spiro atoms. The highest BCUT2D eigenvalue weighted by molar-refractivity contribution is 5.81. The zero-order chi connectivity index (χ0) is 11.8. The molecule has 17 heavy (non-hydrogen) atoms. The quantitative estimate of drug-likeness (QED) is 0.811. The fourth-order valence-corrected chi connectivity index (χ4v) is 3.85. The summed E-state index contributed by atoms with van der Waals surface area (Å²) in [7, 11) is 0. The van der Waals surface area contributed by atoms with Crippen LogP contribution in [0.2, 0.25) is 0 Å². The smallest absolute Gasteiger partial charge is 0.238 e. The summed E-state index contributed by atoms with van der Waals surface area (Å²) in [6.07, 6.45) is 9.51. The molecule has 0 aromatic rings. The predicted octanol–water partition coefficient (Wildman–Crippen LogP) is 2.12. The van der Waals surface area contributed by atoms with Crippen LogP contribution in [-0.2, 0) is 4.79 Å². The van der Waals surface area contributed by atoms with Gasteiger partial charge in [-0.15, -0.1) is 0 Å². The Morgan fingerprint density at radius 2 is 2.12 bits per heavy atom. The summed E-state index contributed by atoms with van der Waals surface area (Å²) in [6, 6.07) is 0.572. The number of hydrogen-bond acceptors (Lipinski definition) is 2. The molecule has 0 aromatic heterocycles. The van der Waals surface area contributed by atoms with E-state index in [0.29, 0.717) is 24.7 Å². The lowest BCUT2D eigenvalue weighted by atomic mass is 10.0.